The van der Waals surface area contributed by atoms with Crippen LogP contribution in [0.5, 0.6) is 0 Å². The minimum atomic E-state index is -0.497. The van der Waals surface area contributed by atoms with Crippen LogP contribution in [-0.4, -0.2) is 62.5 Å². The maximum absolute atomic E-state index is 13.3. The molecular formula is C20H19N5O5. The first-order valence-electron chi connectivity index (χ1n) is 9.37. The number of rotatable bonds is 4. The Morgan fingerprint density at radius 3 is 2.43 bits per heavy atom. The molecule has 2 amide bonds. The molecule has 30 heavy (non-hydrogen) atoms. The number of nitro groups is 1. The summed E-state index contributed by atoms with van der Waals surface area (Å²) >= 11 is 0. The molecule has 2 aromatic heterocycles. The Balaban J connectivity index is 1.71. The highest BCUT2D eigenvalue weighted by Crippen LogP contribution is 2.25. The highest BCUT2D eigenvalue weighted by atomic mass is 16.6. The van der Waals surface area contributed by atoms with Crippen molar-refractivity contribution in [2.75, 3.05) is 26.2 Å². The van der Waals surface area contributed by atoms with E-state index in [-0.39, 0.29) is 23.2 Å². The molecule has 1 aromatic carbocycles. The summed E-state index contributed by atoms with van der Waals surface area (Å²) in [5.41, 5.74) is 0.999. The molecule has 10 nitrogen and oxygen atoms in total. The quantitative estimate of drug-likeness (QED) is 0.483. The summed E-state index contributed by atoms with van der Waals surface area (Å²) in [6, 6.07) is 11.0. The number of carbonyl (C=O) groups excluding carboxylic acids is 2. The largest absolute Gasteiger partial charge is 0.463 e. The van der Waals surface area contributed by atoms with Crippen molar-refractivity contribution in [2.45, 2.75) is 6.92 Å². The smallest absolute Gasteiger partial charge is 0.272 e. The molecule has 0 saturated carbocycles. The highest BCUT2D eigenvalue weighted by Gasteiger charge is 2.27. The number of furan rings is 1. The molecule has 0 unspecified atom stereocenters. The fourth-order valence-corrected chi connectivity index (χ4v) is 3.40. The molecule has 154 valence electrons. The standard InChI is InChI=1S/C20H19N5O5/c1-14(26)22-7-9-23(10-8-22)20(27)18-13-17(19-6-3-11-30-19)21-24(18)15-4-2-5-16(12-15)25(28)29/h2-6,11-13H,7-10H2,1H3. The van der Waals surface area contributed by atoms with Crippen LogP contribution in [0.4, 0.5) is 5.69 Å². The minimum absolute atomic E-state index is 0.0242. The number of aromatic nitrogens is 2. The van der Waals surface area contributed by atoms with Gasteiger partial charge in [0.25, 0.3) is 11.6 Å². The van der Waals surface area contributed by atoms with Gasteiger partial charge in [-0.2, -0.15) is 5.10 Å². The second kappa shape index (κ2) is 7.82. The summed E-state index contributed by atoms with van der Waals surface area (Å²) in [6.45, 7) is 3.21. The summed E-state index contributed by atoms with van der Waals surface area (Å²) in [5.74, 6) is 0.188. The molecule has 0 bridgehead atoms. The van der Waals surface area contributed by atoms with Gasteiger partial charge in [-0.25, -0.2) is 4.68 Å². The van der Waals surface area contributed by atoms with E-state index in [4.69, 9.17) is 4.42 Å². The van der Waals surface area contributed by atoms with Crippen LogP contribution in [0.2, 0.25) is 0 Å². The molecule has 3 heterocycles. The van der Waals surface area contributed by atoms with Gasteiger partial charge in [-0.05, 0) is 18.2 Å². The molecule has 0 aliphatic carbocycles. The Morgan fingerprint density at radius 1 is 1.07 bits per heavy atom. The number of non-ortho nitro benzene ring substituents is 1. The van der Waals surface area contributed by atoms with E-state index in [0.717, 1.165) is 0 Å². The van der Waals surface area contributed by atoms with Crippen LogP contribution in [0.1, 0.15) is 17.4 Å². The van der Waals surface area contributed by atoms with Gasteiger partial charge in [0.15, 0.2) is 5.76 Å². The summed E-state index contributed by atoms with van der Waals surface area (Å²) in [5, 5.41) is 15.7. The van der Waals surface area contributed by atoms with E-state index in [1.54, 1.807) is 40.1 Å². The molecular weight excluding hydrogens is 390 g/mol. The van der Waals surface area contributed by atoms with Crippen molar-refractivity contribution in [1.82, 2.24) is 19.6 Å². The molecule has 0 N–H and O–H groups in total. The van der Waals surface area contributed by atoms with Crippen molar-refractivity contribution in [3.05, 3.63) is 64.5 Å². The number of amides is 2. The van der Waals surface area contributed by atoms with E-state index in [1.165, 1.54) is 30.0 Å². The number of hydrogen-bond donors (Lipinski definition) is 0. The Hall–Kier alpha value is -3.95. The van der Waals surface area contributed by atoms with Gasteiger partial charge in [-0.1, -0.05) is 6.07 Å². The summed E-state index contributed by atoms with van der Waals surface area (Å²) in [7, 11) is 0. The van der Waals surface area contributed by atoms with E-state index in [0.29, 0.717) is 43.3 Å². The first-order valence-corrected chi connectivity index (χ1v) is 9.37. The van der Waals surface area contributed by atoms with Crippen molar-refractivity contribution >= 4 is 17.5 Å². The number of benzene rings is 1. The minimum Gasteiger partial charge on any atom is -0.463 e. The van der Waals surface area contributed by atoms with Crippen molar-refractivity contribution in [3.63, 3.8) is 0 Å². The normalized spacial score (nSPS) is 14.0. The lowest BCUT2D eigenvalue weighted by Crippen LogP contribution is -2.50. The molecule has 10 heteroatoms. The summed E-state index contributed by atoms with van der Waals surface area (Å²) in [6.07, 6.45) is 1.50. The number of piperazine rings is 1. The van der Waals surface area contributed by atoms with Crippen LogP contribution < -0.4 is 0 Å². The lowest BCUT2D eigenvalue weighted by molar-refractivity contribution is -0.384. The fourth-order valence-electron chi connectivity index (χ4n) is 3.40. The molecule has 0 spiro atoms. The second-order valence-corrected chi connectivity index (χ2v) is 6.88. The van der Waals surface area contributed by atoms with Crippen LogP contribution in [0.25, 0.3) is 17.1 Å². The van der Waals surface area contributed by atoms with E-state index < -0.39 is 4.92 Å². The highest BCUT2D eigenvalue weighted by molar-refractivity contribution is 5.94. The first-order chi connectivity index (χ1) is 14.4. The van der Waals surface area contributed by atoms with Gasteiger partial charge in [-0.3, -0.25) is 19.7 Å². The molecule has 3 aromatic rings. The van der Waals surface area contributed by atoms with Gasteiger partial charge in [0.05, 0.1) is 16.9 Å². The van der Waals surface area contributed by atoms with Crippen LogP contribution >= 0.6 is 0 Å². The summed E-state index contributed by atoms with van der Waals surface area (Å²) in [4.78, 5) is 38.8. The maximum Gasteiger partial charge on any atom is 0.272 e. The number of carbonyl (C=O) groups is 2. The van der Waals surface area contributed by atoms with Crippen LogP contribution in [0.15, 0.2) is 53.1 Å². The van der Waals surface area contributed by atoms with E-state index >= 15 is 0 Å². The predicted octanol–water partition coefficient (Wildman–Crippen LogP) is 2.34. The molecule has 0 radical (unpaired) electrons. The molecule has 0 atom stereocenters. The maximum atomic E-state index is 13.3. The third-order valence-corrected chi connectivity index (χ3v) is 5.00. The zero-order chi connectivity index (χ0) is 21.3. The number of hydrogen-bond acceptors (Lipinski definition) is 6. The van der Waals surface area contributed by atoms with Gasteiger partial charge in [0, 0.05) is 51.3 Å². The number of nitro benzene ring substituents is 1. The van der Waals surface area contributed by atoms with Crippen LogP contribution in [-0.2, 0) is 4.79 Å². The summed E-state index contributed by atoms with van der Waals surface area (Å²) < 4.78 is 6.79. The van der Waals surface area contributed by atoms with E-state index in [2.05, 4.69) is 5.10 Å². The molecule has 1 aliphatic heterocycles. The average molecular weight is 409 g/mol. The lowest BCUT2D eigenvalue weighted by atomic mass is 10.2. The van der Waals surface area contributed by atoms with Crippen molar-refractivity contribution in [2.24, 2.45) is 0 Å². The van der Waals surface area contributed by atoms with Gasteiger partial charge < -0.3 is 14.2 Å². The predicted molar refractivity (Wildman–Crippen MR) is 106 cm³/mol. The van der Waals surface area contributed by atoms with E-state index in [1.807, 2.05) is 0 Å². The van der Waals surface area contributed by atoms with Gasteiger partial charge in [0.1, 0.15) is 11.4 Å². The molecule has 1 saturated heterocycles. The SMILES string of the molecule is CC(=O)N1CCN(C(=O)c2cc(-c3ccco3)nn2-c2cccc([N+](=O)[O-])c2)CC1. The molecule has 1 fully saturated rings. The monoisotopic (exact) mass is 409 g/mol. The zero-order valence-corrected chi connectivity index (χ0v) is 16.2. The Kier molecular flexibility index (Phi) is 5.05. The first kappa shape index (κ1) is 19.4. The molecule has 1 aliphatic rings. The van der Waals surface area contributed by atoms with Crippen molar-refractivity contribution < 1.29 is 18.9 Å². The van der Waals surface area contributed by atoms with Gasteiger partial charge in [-0.15, -0.1) is 0 Å². The topological polar surface area (TPSA) is 115 Å². The fraction of sp³-hybridized carbons (Fsp3) is 0.250. The van der Waals surface area contributed by atoms with Gasteiger partial charge in [0.2, 0.25) is 5.91 Å². The Labute approximate surface area is 171 Å². The van der Waals surface area contributed by atoms with E-state index in [9.17, 15) is 19.7 Å². The third-order valence-electron chi connectivity index (χ3n) is 5.00. The third kappa shape index (κ3) is 3.66. The number of nitrogens with zero attached hydrogens (tertiary/aromatic N) is 5. The van der Waals surface area contributed by atoms with Crippen LogP contribution in [0, 0.1) is 10.1 Å². The second-order valence-electron chi connectivity index (χ2n) is 6.88. The Morgan fingerprint density at radius 2 is 1.80 bits per heavy atom. The van der Waals surface area contributed by atoms with Gasteiger partial charge >= 0.3 is 0 Å². The van der Waals surface area contributed by atoms with Crippen molar-refractivity contribution in [3.8, 4) is 17.1 Å². The average Bonchev–Trinajstić information content (AvgIpc) is 3.43. The van der Waals surface area contributed by atoms with Crippen LogP contribution in [0.3, 0.4) is 0 Å². The van der Waals surface area contributed by atoms with Crippen molar-refractivity contribution in [1.29, 1.82) is 0 Å². The zero-order valence-electron chi connectivity index (χ0n) is 16.2. The molecule has 4 rings (SSSR count). The Bertz CT molecular complexity index is 1100. The lowest BCUT2D eigenvalue weighted by Gasteiger charge is -2.34.